The molecule has 1 unspecified atom stereocenters. The van der Waals surface area contributed by atoms with Crippen molar-refractivity contribution in [3.05, 3.63) is 29.8 Å². The number of piperidine rings is 1. The van der Waals surface area contributed by atoms with Gasteiger partial charge in [-0.3, -0.25) is 0 Å². The van der Waals surface area contributed by atoms with Gasteiger partial charge in [-0.2, -0.15) is 5.26 Å². The summed E-state index contributed by atoms with van der Waals surface area (Å²) in [4.78, 5) is 12.3. The summed E-state index contributed by atoms with van der Waals surface area (Å²) in [5.41, 5.74) is 0.854. The molecule has 1 aliphatic heterocycles. The number of nitrogens with zero attached hydrogens (tertiary/aromatic N) is 2. The van der Waals surface area contributed by atoms with Gasteiger partial charge in [-0.1, -0.05) is 12.1 Å². The highest BCUT2D eigenvalue weighted by Crippen LogP contribution is 2.20. The van der Waals surface area contributed by atoms with E-state index < -0.39 is 12.2 Å². The van der Waals surface area contributed by atoms with Gasteiger partial charge in [0.1, 0.15) is 11.9 Å². The second kappa shape index (κ2) is 7.66. The Kier molecular flexibility index (Phi) is 5.61. The molecular formula is C16H20N2O4. The minimum Gasteiger partial charge on any atom is -0.493 e. The Labute approximate surface area is 129 Å². The molecule has 22 heavy (non-hydrogen) atoms. The summed E-state index contributed by atoms with van der Waals surface area (Å²) in [5, 5.41) is 26.9. The maximum atomic E-state index is 10.8. The van der Waals surface area contributed by atoms with Crippen molar-refractivity contribution in [3.8, 4) is 11.8 Å². The van der Waals surface area contributed by atoms with E-state index in [4.69, 9.17) is 15.1 Å². The van der Waals surface area contributed by atoms with Gasteiger partial charge in [-0.25, -0.2) is 4.79 Å². The number of carboxylic acid groups (broad SMARTS) is 1. The molecule has 1 fully saturated rings. The molecule has 0 saturated carbocycles. The molecule has 2 rings (SSSR count). The number of rotatable bonds is 5. The summed E-state index contributed by atoms with van der Waals surface area (Å²) < 4.78 is 5.77. The predicted molar refractivity (Wildman–Crippen MR) is 79.6 cm³/mol. The van der Waals surface area contributed by atoms with Crippen LogP contribution in [0.25, 0.3) is 0 Å². The second-order valence-electron chi connectivity index (χ2n) is 5.52. The van der Waals surface area contributed by atoms with Crippen molar-refractivity contribution in [2.75, 3.05) is 19.7 Å². The molecule has 1 atom stereocenters. The molecular weight excluding hydrogens is 284 g/mol. The third-order valence-electron chi connectivity index (χ3n) is 3.85. The number of benzene rings is 1. The first kappa shape index (κ1) is 16.1. The van der Waals surface area contributed by atoms with E-state index >= 15 is 0 Å². The zero-order valence-corrected chi connectivity index (χ0v) is 12.3. The fourth-order valence-corrected chi connectivity index (χ4v) is 2.54. The van der Waals surface area contributed by atoms with Gasteiger partial charge in [-0.05, 0) is 36.5 Å². The van der Waals surface area contributed by atoms with Gasteiger partial charge in [0.15, 0.2) is 0 Å². The zero-order valence-electron chi connectivity index (χ0n) is 12.3. The van der Waals surface area contributed by atoms with E-state index in [1.165, 1.54) is 4.90 Å². The Morgan fingerprint density at radius 1 is 1.45 bits per heavy atom. The van der Waals surface area contributed by atoms with Crippen LogP contribution in [0.5, 0.6) is 5.75 Å². The average Bonchev–Trinajstić information content (AvgIpc) is 2.53. The van der Waals surface area contributed by atoms with Gasteiger partial charge in [-0.15, -0.1) is 0 Å². The van der Waals surface area contributed by atoms with E-state index in [9.17, 15) is 9.90 Å². The smallest absolute Gasteiger partial charge is 0.407 e. The highest BCUT2D eigenvalue weighted by molar-refractivity contribution is 5.64. The van der Waals surface area contributed by atoms with E-state index in [1.807, 2.05) is 24.3 Å². The maximum absolute atomic E-state index is 10.8. The molecule has 1 amide bonds. The highest BCUT2D eigenvalue weighted by Gasteiger charge is 2.22. The van der Waals surface area contributed by atoms with Gasteiger partial charge < -0.3 is 19.8 Å². The van der Waals surface area contributed by atoms with E-state index in [2.05, 4.69) is 0 Å². The number of nitriles is 1. The van der Waals surface area contributed by atoms with E-state index in [-0.39, 0.29) is 6.42 Å². The molecule has 1 saturated heterocycles. The second-order valence-corrected chi connectivity index (χ2v) is 5.52. The molecule has 0 aliphatic carbocycles. The summed E-state index contributed by atoms with van der Waals surface area (Å²) in [5.74, 6) is 1.06. The van der Waals surface area contributed by atoms with Crippen LogP contribution in [0, 0.1) is 17.2 Å². The number of aliphatic hydroxyl groups excluding tert-OH is 1. The highest BCUT2D eigenvalue weighted by atomic mass is 16.5. The Bertz CT molecular complexity index is 547. The SMILES string of the molecule is N#CC(O)Cc1cccc(OCC2CCN(C(=O)O)CC2)c1. The van der Waals surface area contributed by atoms with E-state index in [0.29, 0.717) is 31.4 Å². The monoisotopic (exact) mass is 304 g/mol. The van der Waals surface area contributed by atoms with Crippen molar-refractivity contribution < 1.29 is 19.7 Å². The molecule has 0 radical (unpaired) electrons. The van der Waals surface area contributed by atoms with Crippen LogP contribution in [-0.4, -0.2) is 47.0 Å². The molecule has 0 bridgehead atoms. The van der Waals surface area contributed by atoms with Crippen LogP contribution >= 0.6 is 0 Å². The first-order valence-corrected chi connectivity index (χ1v) is 7.35. The molecule has 6 heteroatoms. The van der Waals surface area contributed by atoms with Crippen molar-refractivity contribution in [2.45, 2.75) is 25.4 Å². The van der Waals surface area contributed by atoms with Gasteiger partial charge >= 0.3 is 6.09 Å². The van der Waals surface area contributed by atoms with Crippen LogP contribution in [0.1, 0.15) is 18.4 Å². The molecule has 1 aromatic carbocycles. The standard InChI is InChI=1S/C16H20N2O4/c17-10-14(19)8-13-2-1-3-15(9-13)22-11-12-4-6-18(7-5-12)16(20)21/h1-3,9,12,14,19H,4-8,11H2,(H,20,21). The molecule has 0 aromatic heterocycles. The molecule has 2 N–H and O–H groups in total. The van der Waals surface area contributed by atoms with Crippen molar-refractivity contribution in [1.29, 1.82) is 5.26 Å². The third kappa shape index (κ3) is 4.64. The zero-order chi connectivity index (χ0) is 15.9. The predicted octanol–water partition coefficient (Wildman–Crippen LogP) is 1.88. The Morgan fingerprint density at radius 3 is 2.82 bits per heavy atom. The normalized spacial score (nSPS) is 16.8. The summed E-state index contributed by atoms with van der Waals surface area (Å²) >= 11 is 0. The number of amides is 1. The fraction of sp³-hybridized carbons (Fsp3) is 0.500. The van der Waals surface area contributed by atoms with Crippen LogP contribution < -0.4 is 4.74 Å². The summed E-state index contributed by atoms with van der Waals surface area (Å²) in [7, 11) is 0. The van der Waals surface area contributed by atoms with Crippen LogP contribution in [0.2, 0.25) is 0 Å². The van der Waals surface area contributed by atoms with Crippen molar-refractivity contribution >= 4 is 6.09 Å². The number of carbonyl (C=O) groups is 1. The van der Waals surface area contributed by atoms with E-state index in [1.54, 1.807) is 6.07 Å². The molecule has 1 aliphatic rings. The number of hydrogen-bond acceptors (Lipinski definition) is 4. The lowest BCUT2D eigenvalue weighted by Crippen LogP contribution is -2.38. The minimum absolute atomic E-state index is 0.282. The van der Waals surface area contributed by atoms with Gasteiger partial charge in [0.25, 0.3) is 0 Å². The summed E-state index contributed by atoms with van der Waals surface area (Å²) in [6.07, 6.45) is 0.0295. The molecule has 1 aromatic rings. The fourth-order valence-electron chi connectivity index (χ4n) is 2.54. The van der Waals surface area contributed by atoms with Crippen LogP contribution in [0.3, 0.4) is 0 Å². The largest absolute Gasteiger partial charge is 0.493 e. The topological polar surface area (TPSA) is 93.8 Å². The van der Waals surface area contributed by atoms with Crippen LogP contribution in [0.15, 0.2) is 24.3 Å². The first-order chi connectivity index (χ1) is 10.6. The Morgan fingerprint density at radius 2 is 2.18 bits per heavy atom. The molecule has 0 spiro atoms. The van der Waals surface area contributed by atoms with Crippen LogP contribution in [0.4, 0.5) is 4.79 Å². The lowest BCUT2D eigenvalue weighted by Gasteiger charge is -2.29. The van der Waals surface area contributed by atoms with Gasteiger partial charge in [0, 0.05) is 19.5 Å². The number of hydrogen-bond donors (Lipinski definition) is 2. The minimum atomic E-state index is -1.00. The van der Waals surface area contributed by atoms with E-state index in [0.717, 1.165) is 18.4 Å². The van der Waals surface area contributed by atoms with Gasteiger partial charge in [0.2, 0.25) is 0 Å². The molecule has 118 valence electrons. The van der Waals surface area contributed by atoms with Crippen molar-refractivity contribution in [2.24, 2.45) is 5.92 Å². The quantitative estimate of drug-likeness (QED) is 0.810. The number of aliphatic hydroxyl groups is 1. The first-order valence-electron chi connectivity index (χ1n) is 7.35. The lowest BCUT2D eigenvalue weighted by atomic mass is 9.98. The molecule has 1 heterocycles. The summed E-state index contributed by atoms with van der Waals surface area (Å²) in [6, 6.07) is 9.14. The maximum Gasteiger partial charge on any atom is 0.407 e. The number of likely N-dealkylation sites (tertiary alicyclic amines) is 1. The Hall–Kier alpha value is -2.26. The lowest BCUT2D eigenvalue weighted by molar-refractivity contribution is 0.111. The number of ether oxygens (including phenoxy) is 1. The summed E-state index contributed by atoms with van der Waals surface area (Å²) in [6.45, 7) is 1.66. The Balaban J connectivity index is 1.81. The van der Waals surface area contributed by atoms with Crippen molar-refractivity contribution in [1.82, 2.24) is 4.90 Å². The van der Waals surface area contributed by atoms with Crippen molar-refractivity contribution in [3.63, 3.8) is 0 Å². The third-order valence-corrected chi connectivity index (χ3v) is 3.85. The van der Waals surface area contributed by atoms with Gasteiger partial charge in [0.05, 0.1) is 12.7 Å². The average molecular weight is 304 g/mol. The molecule has 6 nitrogen and oxygen atoms in total. The van der Waals surface area contributed by atoms with Crippen LogP contribution in [-0.2, 0) is 6.42 Å².